The lowest BCUT2D eigenvalue weighted by Crippen LogP contribution is -2.21. The molecule has 1 aromatic heterocycles. The monoisotopic (exact) mass is 209 g/mol. The van der Waals surface area contributed by atoms with Gasteiger partial charge in [0, 0.05) is 23.7 Å². The van der Waals surface area contributed by atoms with E-state index in [4.69, 9.17) is 0 Å². The lowest BCUT2D eigenvalue weighted by molar-refractivity contribution is 0.583. The highest BCUT2D eigenvalue weighted by Gasteiger charge is 2.24. The summed E-state index contributed by atoms with van der Waals surface area (Å²) in [6.07, 6.45) is 7.40. The summed E-state index contributed by atoms with van der Waals surface area (Å²) in [4.78, 5) is 8.45. The van der Waals surface area contributed by atoms with Crippen LogP contribution in [-0.4, -0.2) is 28.3 Å². The summed E-state index contributed by atoms with van der Waals surface area (Å²) in [7, 11) is 2.04. The maximum Gasteiger partial charge on any atom is 0.187 e. The van der Waals surface area contributed by atoms with Gasteiger partial charge in [-0.2, -0.15) is 0 Å². The van der Waals surface area contributed by atoms with Crippen molar-refractivity contribution in [1.29, 1.82) is 0 Å². The highest BCUT2D eigenvalue weighted by atomic mass is 32.2. The van der Waals surface area contributed by atoms with E-state index in [0.29, 0.717) is 11.3 Å². The van der Waals surface area contributed by atoms with Crippen LogP contribution in [0.1, 0.15) is 19.3 Å². The van der Waals surface area contributed by atoms with Gasteiger partial charge in [-0.25, -0.2) is 9.97 Å². The topological polar surface area (TPSA) is 37.8 Å². The maximum absolute atomic E-state index is 4.22. The molecule has 2 rings (SSSR count). The van der Waals surface area contributed by atoms with Crippen molar-refractivity contribution < 1.29 is 0 Å². The third kappa shape index (κ3) is 2.45. The molecule has 1 heterocycles. The van der Waals surface area contributed by atoms with Crippen molar-refractivity contribution in [1.82, 2.24) is 15.3 Å². The Bertz CT molecular complexity index is 278. The zero-order valence-electron chi connectivity index (χ0n) is 8.31. The SMILES string of the molecule is CNC1CCC(Sc2ncccn2)C1. The van der Waals surface area contributed by atoms with Crippen LogP contribution < -0.4 is 5.32 Å². The molecule has 4 heteroatoms. The van der Waals surface area contributed by atoms with Crippen molar-refractivity contribution in [2.75, 3.05) is 7.05 Å². The fourth-order valence-electron chi connectivity index (χ4n) is 1.80. The van der Waals surface area contributed by atoms with Gasteiger partial charge in [0.2, 0.25) is 0 Å². The van der Waals surface area contributed by atoms with Crippen molar-refractivity contribution >= 4 is 11.8 Å². The van der Waals surface area contributed by atoms with E-state index in [2.05, 4.69) is 15.3 Å². The molecule has 0 radical (unpaired) electrons. The molecule has 76 valence electrons. The van der Waals surface area contributed by atoms with Crippen molar-refractivity contribution in [3.63, 3.8) is 0 Å². The molecule has 1 aliphatic rings. The van der Waals surface area contributed by atoms with Gasteiger partial charge in [-0.05, 0) is 32.4 Å². The minimum atomic E-state index is 0.690. The Morgan fingerprint density at radius 1 is 1.36 bits per heavy atom. The molecule has 0 saturated heterocycles. The Labute approximate surface area is 88.7 Å². The van der Waals surface area contributed by atoms with Gasteiger partial charge < -0.3 is 5.32 Å². The Hall–Kier alpha value is -0.610. The Morgan fingerprint density at radius 2 is 2.14 bits per heavy atom. The molecule has 2 atom stereocenters. The molecule has 3 nitrogen and oxygen atoms in total. The molecule has 0 aliphatic heterocycles. The number of hydrogen-bond acceptors (Lipinski definition) is 4. The van der Waals surface area contributed by atoms with Crippen LogP contribution in [0.4, 0.5) is 0 Å². The fraction of sp³-hybridized carbons (Fsp3) is 0.600. The van der Waals surface area contributed by atoms with Gasteiger partial charge in [-0.1, -0.05) is 11.8 Å². The number of thioether (sulfide) groups is 1. The molecular formula is C10H15N3S. The lowest BCUT2D eigenvalue weighted by Gasteiger charge is -2.08. The van der Waals surface area contributed by atoms with Gasteiger partial charge >= 0.3 is 0 Å². The highest BCUT2D eigenvalue weighted by molar-refractivity contribution is 7.99. The van der Waals surface area contributed by atoms with Crippen LogP contribution in [0.5, 0.6) is 0 Å². The maximum atomic E-state index is 4.22. The molecule has 1 aliphatic carbocycles. The van der Waals surface area contributed by atoms with E-state index in [0.717, 1.165) is 5.16 Å². The quantitative estimate of drug-likeness (QED) is 0.769. The molecule has 0 bridgehead atoms. The van der Waals surface area contributed by atoms with Gasteiger partial charge in [0.1, 0.15) is 0 Å². The average Bonchev–Trinajstić information content (AvgIpc) is 2.67. The average molecular weight is 209 g/mol. The van der Waals surface area contributed by atoms with Crippen LogP contribution in [0, 0.1) is 0 Å². The number of hydrogen-bond donors (Lipinski definition) is 1. The van der Waals surface area contributed by atoms with Crippen LogP contribution in [0.3, 0.4) is 0 Å². The van der Waals surface area contributed by atoms with E-state index < -0.39 is 0 Å². The number of nitrogens with one attached hydrogen (secondary N) is 1. The zero-order chi connectivity index (χ0) is 9.80. The van der Waals surface area contributed by atoms with E-state index >= 15 is 0 Å². The number of rotatable bonds is 3. The van der Waals surface area contributed by atoms with Crippen molar-refractivity contribution in [3.8, 4) is 0 Å². The minimum Gasteiger partial charge on any atom is -0.317 e. The van der Waals surface area contributed by atoms with Gasteiger partial charge in [-0.3, -0.25) is 0 Å². The van der Waals surface area contributed by atoms with Crippen molar-refractivity contribution in [2.24, 2.45) is 0 Å². The molecule has 1 fully saturated rings. The Kier molecular flexibility index (Phi) is 3.37. The first-order valence-corrected chi connectivity index (χ1v) is 5.87. The Balaban J connectivity index is 1.88. The molecule has 0 aromatic carbocycles. The predicted octanol–water partition coefficient (Wildman–Crippen LogP) is 1.71. The van der Waals surface area contributed by atoms with Gasteiger partial charge in [0.15, 0.2) is 5.16 Å². The highest BCUT2D eigenvalue weighted by Crippen LogP contribution is 2.32. The van der Waals surface area contributed by atoms with Gasteiger partial charge in [0.05, 0.1) is 0 Å². The third-order valence-corrected chi connectivity index (χ3v) is 3.79. The summed E-state index contributed by atoms with van der Waals surface area (Å²) in [5.41, 5.74) is 0. The van der Waals surface area contributed by atoms with Crippen molar-refractivity contribution in [2.45, 2.75) is 35.7 Å². The molecule has 1 N–H and O–H groups in total. The minimum absolute atomic E-state index is 0.690. The summed E-state index contributed by atoms with van der Waals surface area (Å²) in [5, 5.41) is 4.93. The second-order valence-corrected chi connectivity index (χ2v) is 4.84. The second-order valence-electron chi connectivity index (χ2n) is 3.57. The van der Waals surface area contributed by atoms with E-state index in [1.54, 1.807) is 12.4 Å². The van der Waals surface area contributed by atoms with Gasteiger partial charge in [0.25, 0.3) is 0 Å². The van der Waals surface area contributed by atoms with Gasteiger partial charge in [-0.15, -0.1) is 0 Å². The van der Waals surface area contributed by atoms with E-state index in [9.17, 15) is 0 Å². The molecule has 1 aromatic rings. The predicted molar refractivity (Wildman–Crippen MR) is 58.4 cm³/mol. The summed E-state index contributed by atoms with van der Waals surface area (Å²) < 4.78 is 0. The zero-order valence-corrected chi connectivity index (χ0v) is 9.13. The lowest BCUT2D eigenvalue weighted by atomic mass is 10.3. The summed E-state index contributed by atoms with van der Waals surface area (Å²) in [5.74, 6) is 0. The molecule has 0 spiro atoms. The summed E-state index contributed by atoms with van der Waals surface area (Å²) in [6.45, 7) is 0. The standard InChI is InChI=1S/C10H15N3S/c1-11-8-3-4-9(7-8)14-10-12-5-2-6-13-10/h2,5-6,8-9,11H,3-4,7H2,1H3. The normalized spacial score (nSPS) is 26.6. The molecule has 1 saturated carbocycles. The first-order chi connectivity index (χ1) is 6.88. The summed E-state index contributed by atoms with van der Waals surface area (Å²) in [6, 6.07) is 2.55. The second kappa shape index (κ2) is 4.75. The summed E-state index contributed by atoms with van der Waals surface area (Å²) >= 11 is 1.81. The smallest absolute Gasteiger partial charge is 0.187 e. The number of nitrogens with zero attached hydrogens (tertiary/aromatic N) is 2. The molecular weight excluding hydrogens is 194 g/mol. The Morgan fingerprint density at radius 3 is 2.79 bits per heavy atom. The first-order valence-electron chi connectivity index (χ1n) is 4.99. The van der Waals surface area contributed by atoms with Crippen LogP contribution in [-0.2, 0) is 0 Å². The van der Waals surface area contributed by atoms with Crippen LogP contribution in [0.25, 0.3) is 0 Å². The largest absolute Gasteiger partial charge is 0.317 e. The first kappa shape index (κ1) is 9.93. The van der Waals surface area contributed by atoms with E-state index in [1.165, 1.54) is 19.3 Å². The van der Waals surface area contributed by atoms with E-state index in [1.807, 2.05) is 24.9 Å². The molecule has 0 amide bonds. The number of aromatic nitrogens is 2. The molecule has 14 heavy (non-hydrogen) atoms. The van der Waals surface area contributed by atoms with Crippen LogP contribution in [0.2, 0.25) is 0 Å². The van der Waals surface area contributed by atoms with Crippen LogP contribution >= 0.6 is 11.8 Å². The molecule has 2 unspecified atom stereocenters. The fourth-order valence-corrected chi connectivity index (χ4v) is 2.93. The van der Waals surface area contributed by atoms with Crippen molar-refractivity contribution in [3.05, 3.63) is 18.5 Å². The van der Waals surface area contributed by atoms with Crippen LogP contribution in [0.15, 0.2) is 23.6 Å². The van der Waals surface area contributed by atoms with E-state index in [-0.39, 0.29) is 0 Å². The third-order valence-electron chi connectivity index (χ3n) is 2.61.